The summed E-state index contributed by atoms with van der Waals surface area (Å²) in [6.07, 6.45) is 1.10. The minimum Gasteiger partial charge on any atom is -0.476 e. The molecule has 51 valence electrons. The van der Waals surface area contributed by atoms with Gasteiger partial charge in [0.25, 0.3) is 0 Å². The number of nitrogens with zero attached hydrogens (tertiary/aromatic N) is 1. The van der Waals surface area contributed by atoms with Crippen LogP contribution in [0, 0.1) is 11.9 Å². The van der Waals surface area contributed by atoms with Gasteiger partial charge in [-0.05, 0) is 6.07 Å². The maximum absolute atomic E-state index is 12.4. The smallest absolute Gasteiger partial charge is 0.357 e. The van der Waals surface area contributed by atoms with Crippen molar-refractivity contribution in [2.45, 2.75) is 0 Å². The average molecular weight is 140 g/mol. The van der Waals surface area contributed by atoms with Crippen LogP contribution in [0.15, 0.2) is 12.3 Å². The fourth-order valence-corrected chi connectivity index (χ4v) is 0.500. The van der Waals surface area contributed by atoms with Crippen LogP contribution in [0.5, 0.6) is 0 Å². The van der Waals surface area contributed by atoms with Gasteiger partial charge in [0.1, 0.15) is 0 Å². The van der Waals surface area contributed by atoms with E-state index < -0.39 is 17.5 Å². The molecule has 0 atom stereocenters. The number of hydrogen-bond donors (Lipinski definition) is 1. The van der Waals surface area contributed by atoms with E-state index in [1.807, 2.05) is 0 Å². The molecular weight excluding hydrogens is 137 g/mol. The van der Waals surface area contributed by atoms with Crippen molar-refractivity contribution in [1.29, 1.82) is 0 Å². The predicted molar refractivity (Wildman–Crippen MR) is 30.0 cm³/mol. The SMILES string of the molecule is O=C(O)c1nc[c]cc1F. The van der Waals surface area contributed by atoms with Gasteiger partial charge < -0.3 is 5.11 Å². The fourth-order valence-electron chi connectivity index (χ4n) is 0.500. The lowest BCUT2D eigenvalue weighted by molar-refractivity contribution is 0.0685. The number of rotatable bonds is 1. The Hall–Kier alpha value is -1.45. The number of carboxylic acid groups (broad SMARTS) is 1. The molecule has 4 heteroatoms. The molecule has 0 amide bonds. The fraction of sp³-hybridized carbons (Fsp3) is 0. The maximum atomic E-state index is 12.4. The molecule has 1 heterocycles. The molecule has 1 radical (unpaired) electrons. The monoisotopic (exact) mass is 140 g/mol. The van der Waals surface area contributed by atoms with E-state index in [2.05, 4.69) is 11.1 Å². The predicted octanol–water partition coefficient (Wildman–Crippen LogP) is 0.719. The van der Waals surface area contributed by atoms with Gasteiger partial charge in [-0.1, -0.05) is 0 Å². The Morgan fingerprint density at radius 1 is 1.80 bits per heavy atom. The number of aromatic nitrogens is 1. The molecule has 1 N–H and O–H groups in total. The molecule has 0 aliphatic heterocycles. The van der Waals surface area contributed by atoms with Crippen LogP contribution in [-0.2, 0) is 0 Å². The second-order valence-corrected chi connectivity index (χ2v) is 1.57. The first-order valence-corrected chi connectivity index (χ1v) is 2.46. The molecule has 1 aromatic rings. The van der Waals surface area contributed by atoms with Crippen molar-refractivity contribution in [3.63, 3.8) is 0 Å². The summed E-state index contributed by atoms with van der Waals surface area (Å²) in [5.41, 5.74) is -0.571. The van der Waals surface area contributed by atoms with Gasteiger partial charge in [-0.25, -0.2) is 14.2 Å². The molecule has 0 aromatic carbocycles. The van der Waals surface area contributed by atoms with Gasteiger partial charge in [0.15, 0.2) is 11.5 Å². The van der Waals surface area contributed by atoms with Crippen molar-refractivity contribution in [3.05, 3.63) is 29.8 Å². The molecule has 3 nitrogen and oxygen atoms in total. The van der Waals surface area contributed by atoms with Crippen molar-refractivity contribution < 1.29 is 14.3 Å². The Bertz CT molecular complexity index is 262. The van der Waals surface area contributed by atoms with Crippen LogP contribution in [0.3, 0.4) is 0 Å². The highest BCUT2D eigenvalue weighted by atomic mass is 19.1. The van der Waals surface area contributed by atoms with Crippen molar-refractivity contribution >= 4 is 5.97 Å². The zero-order valence-corrected chi connectivity index (χ0v) is 4.84. The Morgan fingerprint density at radius 3 is 2.90 bits per heavy atom. The molecule has 0 spiro atoms. The van der Waals surface area contributed by atoms with E-state index in [9.17, 15) is 9.18 Å². The van der Waals surface area contributed by atoms with Gasteiger partial charge in [-0.2, -0.15) is 0 Å². The van der Waals surface area contributed by atoms with Crippen LogP contribution < -0.4 is 0 Å². The summed E-state index contributed by atoms with van der Waals surface area (Å²) < 4.78 is 12.4. The third kappa shape index (κ3) is 1.10. The Morgan fingerprint density at radius 2 is 2.50 bits per heavy atom. The van der Waals surface area contributed by atoms with Gasteiger partial charge in [0, 0.05) is 12.3 Å². The topological polar surface area (TPSA) is 50.2 Å². The molecule has 0 aliphatic carbocycles. The quantitative estimate of drug-likeness (QED) is 0.625. The number of halogens is 1. The zero-order chi connectivity index (χ0) is 7.56. The summed E-state index contributed by atoms with van der Waals surface area (Å²) >= 11 is 0. The molecular formula is C6H3FNO2. The number of carbonyl (C=O) groups is 1. The van der Waals surface area contributed by atoms with E-state index in [1.165, 1.54) is 0 Å². The zero-order valence-electron chi connectivity index (χ0n) is 4.84. The molecule has 1 aromatic heterocycles. The Balaban J connectivity index is 3.15. The molecule has 0 fully saturated rings. The van der Waals surface area contributed by atoms with Crippen molar-refractivity contribution in [3.8, 4) is 0 Å². The highest BCUT2D eigenvalue weighted by Gasteiger charge is 2.09. The van der Waals surface area contributed by atoms with Gasteiger partial charge in [0.05, 0.1) is 0 Å². The Labute approximate surface area is 56.1 Å². The van der Waals surface area contributed by atoms with Gasteiger partial charge >= 0.3 is 5.97 Å². The van der Waals surface area contributed by atoms with Crippen LogP contribution in [-0.4, -0.2) is 16.1 Å². The number of hydrogen-bond acceptors (Lipinski definition) is 2. The van der Waals surface area contributed by atoms with E-state index >= 15 is 0 Å². The molecule has 0 saturated heterocycles. The van der Waals surface area contributed by atoms with E-state index in [4.69, 9.17) is 5.11 Å². The Kier molecular flexibility index (Phi) is 1.62. The van der Waals surface area contributed by atoms with E-state index in [1.54, 1.807) is 0 Å². The molecule has 0 saturated carbocycles. The molecule has 0 bridgehead atoms. The van der Waals surface area contributed by atoms with E-state index in [0.29, 0.717) is 0 Å². The minimum atomic E-state index is -1.37. The number of pyridine rings is 1. The maximum Gasteiger partial charge on any atom is 0.357 e. The third-order valence-corrected chi connectivity index (χ3v) is 0.907. The first-order valence-electron chi connectivity index (χ1n) is 2.46. The van der Waals surface area contributed by atoms with Crippen LogP contribution in [0.4, 0.5) is 4.39 Å². The first-order chi connectivity index (χ1) is 4.72. The number of carboxylic acids is 1. The van der Waals surface area contributed by atoms with Crippen LogP contribution in [0.25, 0.3) is 0 Å². The summed E-state index contributed by atoms with van der Waals surface area (Å²) in [5, 5.41) is 8.25. The van der Waals surface area contributed by atoms with Crippen molar-refractivity contribution in [2.75, 3.05) is 0 Å². The van der Waals surface area contributed by atoms with E-state index in [0.717, 1.165) is 12.3 Å². The summed E-state index contributed by atoms with van der Waals surface area (Å²) in [6.45, 7) is 0. The summed E-state index contributed by atoms with van der Waals surface area (Å²) in [6, 6.07) is 3.23. The highest BCUT2D eigenvalue weighted by Crippen LogP contribution is 2.00. The van der Waals surface area contributed by atoms with Gasteiger partial charge in [-0.15, -0.1) is 0 Å². The molecule has 0 unspecified atom stereocenters. The molecule has 0 aliphatic rings. The van der Waals surface area contributed by atoms with Crippen LogP contribution in [0.1, 0.15) is 10.5 Å². The van der Waals surface area contributed by atoms with Crippen LogP contribution >= 0.6 is 0 Å². The largest absolute Gasteiger partial charge is 0.476 e. The van der Waals surface area contributed by atoms with Gasteiger partial charge in [0.2, 0.25) is 0 Å². The first kappa shape index (κ1) is 6.67. The van der Waals surface area contributed by atoms with Crippen molar-refractivity contribution in [2.24, 2.45) is 0 Å². The second kappa shape index (κ2) is 2.43. The summed E-state index contributed by atoms with van der Waals surface area (Å²) in [7, 11) is 0. The standard InChI is InChI=1S/C6H3FNO2/c7-4-2-1-3-8-5(4)6(9)10/h2-3H,(H,9,10). The lowest BCUT2D eigenvalue weighted by atomic mass is 10.3. The highest BCUT2D eigenvalue weighted by molar-refractivity contribution is 5.85. The lowest BCUT2D eigenvalue weighted by Crippen LogP contribution is -2.02. The van der Waals surface area contributed by atoms with Gasteiger partial charge in [-0.3, -0.25) is 0 Å². The normalized spacial score (nSPS) is 9.30. The average Bonchev–Trinajstić information content (AvgIpc) is 1.88. The summed E-state index contributed by atoms with van der Waals surface area (Å²) in [5.74, 6) is -2.23. The molecule has 10 heavy (non-hydrogen) atoms. The van der Waals surface area contributed by atoms with Crippen LogP contribution in [0.2, 0.25) is 0 Å². The van der Waals surface area contributed by atoms with Crippen molar-refractivity contribution in [1.82, 2.24) is 4.98 Å². The summed E-state index contributed by atoms with van der Waals surface area (Å²) in [4.78, 5) is 13.4. The minimum absolute atomic E-state index is 0.571. The van der Waals surface area contributed by atoms with E-state index in [-0.39, 0.29) is 0 Å². The second-order valence-electron chi connectivity index (χ2n) is 1.57. The third-order valence-electron chi connectivity index (χ3n) is 0.907. The lowest BCUT2D eigenvalue weighted by Gasteiger charge is -1.91. The molecule has 1 rings (SSSR count). The number of aromatic carboxylic acids is 1.